The molecule has 0 aromatic heterocycles. The lowest BCUT2D eigenvalue weighted by molar-refractivity contribution is 0.832. The molecule has 0 amide bonds. The summed E-state index contributed by atoms with van der Waals surface area (Å²) in [6.45, 7) is 7.87. The Morgan fingerprint density at radius 3 is 2.73 bits per heavy atom. The van der Waals surface area contributed by atoms with Gasteiger partial charge in [-0.3, -0.25) is 0 Å². The molecule has 0 aromatic rings. The first-order valence-electron chi connectivity index (χ1n) is 4.20. The van der Waals surface area contributed by atoms with E-state index in [1.165, 1.54) is 24.8 Å². The Kier molecular flexibility index (Phi) is 6.81. The van der Waals surface area contributed by atoms with E-state index in [9.17, 15) is 0 Å². The molecule has 0 spiro atoms. The smallest absolute Gasteiger partial charge is 0.0317 e. The molecule has 0 heteroatoms. The van der Waals surface area contributed by atoms with Gasteiger partial charge in [0.2, 0.25) is 0 Å². The van der Waals surface area contributed by atoms with Crippen molar-refractivity contribution in [3.8, 4) is 0 Å². The number of allylic oxidation sites excluding steroid dienone is 5. The Labute approximate surface area is 70.3 Å². The van der Waals surface area contributed by atoms with E-state index in [1.807, 2.05) is 6.08 Å². The summed E-state index contributed by atoms with van der Waals surface area (Å²) in [5.41, 5.74) is 1.42. The van der Waals surface area contributed by atoms with Gasteiger partial charge in [-0.05, 0) is 33.1 Å². The van der Waals surface area contributed by atoms with Gasteiger partial charge in [-0.1, -0.05) is 36.5 Å². The van der Waals surface area contributed by atoms with E-state index in [0.29, 0.717) is 0 Å². The maximum Gasteiger partial charge on any atom is -0.0317 e. The van der Waals surface area contributed by atoms with Crippen molar-refractivity contribution in [3.63, 3.8) is 0 Å². The summed E-state index contributed by atoms with van der Waals surface area (Å²) in [5, 5.41) is 0. The zero-order chi connectivity index (χ0) is 8.53. The summed E-state index contributed by atoms with van der Waals surface area (Å²) >= 11 is 0. The number of hydrogen-bond acceptors (Lipinski definition) is 0. The second-order valence-electron chi connectivity index (χ2n) is 2.71. The molecule has 0 aliphatic heterocycles. The zero-order valence-electron chi connectivity index (χ0n) is 7.64. The van der Waals surface area contributed by atoms with Crippen LogP contribution in [0.15, 0.2) is 36.5 Å². The van der Waals surface area contributed by atoms with Crippen LogP contribution in [-0.2, 0) is 0 Å². The average molecular weight is 150 g/mol. The molecule has 0 aromatic carbocycles. The maximum absolute atomic E-state index is 3.65. The summed E-state index contributed by atoms with van der Waals surface area (Å²) in [6.07, 6.45) is 11.9. The van der Waals surface area contributed by atoms with Crippen LogP contribution in [0.2, 0.25) is 0 Å². The average Bonchev–Trinajstić information content (AvgIpc) is 1.99. The third-order valence-electron chi connectivity index (χ3n) is 1.58. The fourth-order valence-corrected chi connectivity index (χ4v) is 0.950. The molecular weight excluding hydrogens is 132 g/mol. The molecule has 0 heterocycles. The molecule has 0 atom stereocenters. The maximum atomic E-state index is 3.65. The Morgan fingerprint density at radius 1 is 1.45 bits per heavy atom. The molecule has 11 heavy (non-hydrogen) atoms. The third-order valence-corrected chi connectivity index (χ3v) is 1.58. The molecule has 0 aliphatic rings. The summed E-state index contributed by atoms with van der Waals surface area (Å²) < 4.78 is 0. The Hall–Kier alpha value is -0.780. The van der Waals surface area contributed by atoms with Gasteiger partial charge < -0.3 is 0 Å². The molecule has 0 fully saturated rings. The molecule has 0 saturated heterocycles. The highest BCUT2D eigenvalue weighted by atomic mass is 13.9. The first-order valence-corrected chi connectivity index (χ1v) is 4.20. The van der Waals surface area contributed by atoms with Crippen LogP contribution >= 0.6 is 0 Å². The van der Waals surface area contributed by atoms with E-state index in [1.54, 1.807) is 0 Å². The number of hydrogen-bond donors (Lipinski definition) is 0. The van der Waals surface area contributed by atoms with Crippen LogP contribution in [0.4, 0.5) is 0 Å². The fraction of sp³-hybridized carbons (Fsp3) is 0.455. The number of rotatable bonds is 5. The van der Waals surface area contributed by atoms with Crippen molar-refractivity contribution in [2.45, 2.75) is 33.1 Å². The summed E-state index contributed by atoms with van der Waals surface area (Å²) in [5.74, 6) is 0. The van der Waals surface area contributed by atoms with E-state index < -0.39 is 0 Å². The lowest BCUT2D eigenvalue weighted by Crippen LogP contribution is -1.76. The zero-order valence-corrected chi connectivity index (χ0v) is 7.64. The quantitative estimate of drug-likeness (QED) is 0.317. The van der Waals surface area contributed by atoms with Crippen LogP contribution in [0.1, 0.15) is 33.1 Å². The van der Waals surface area contributed by atoms with Crippen molar-refractivity contribution in [3.05, 3.63) is 36.5 Å². The molecule has 0 unspecified atom stereocenters. The standard InChI is InChI=1S/C11H18/c1-4-6-7-8-10-11(3)9-5-2/h4-6,9H,2,7-8,10H2,1,3H3. The van der Waals surface area contributed by atoms with E-state index in [4.69, 9.17) is 0 Å². The van der Waals surface area contributed by atoms with E-state index in [2.05, 4.69) is 38.7 Å². The Bertz CT molecular complexity index is 149. The normalized spacial score (nSPS) is 12.4. The van der Waals surface area contributed by atoms with Gasteiger partial charge in [0.15, 0.2) is 0 Å². The summed E-state index contributed by atoms with van der Waals surface area (Å²) in [6, 6.07) is 0. The summed E-state index contributed by atoms with van der Waals surface area (Å²) in [7, 11) is 0. The first-order chi connectivity index (χ1) is 5.31. The molecule has 62 valence electrons. The van der Waals surface area contributed by atoms with Gasteiger partial charge in [-0.15, -0.1) is 0 Å². The largest absolute Gasteiger partial charge is 0.0991 e. The molecule has 0 rings (SSSR count). The highest BCUT2D eigenvalue weighted by Gasteiger charge is 1.86. The van der Waals surface area contributed by atoms with Crippen LogP contribution in [0.25, 0.3) is 0 Å². The predicted molar refractivity (Wildman–Crippen MR) is 52.6 cm³/mol. The van der Waals surface area contributed by atoms with Crippen molar-refractivity contribution < 1.29 is 0 Å². The Morgan fingerprint density at radius 2 is 2.18 bits per heavy atom. The van der Waals surface area contributed by atoms with Crippen molar-refractivity contribution in [2.75, 3.05) is 0 Å². The van der Waals surface area contributed by atoms with Crippen molar-refractivity contribution in [1.29, 1.82) is 0 Å². The second kappa shape index (κ2) is 7.33. The molecule has 0 aliphatic carbocycles. The topological polar surface area (TPSA) is 0 Å². The van der Waals surface area contributed by atoms with Gasteiger partial charge in [0.05, 0.1) is 0 Å². The van der Waals surface area contributed by atoms with Gasteiger partial charge in [0.1, 0.15) is 0 Å². The lowest BCUT2D eigenvalue weighted by atomic mass is 10.1. The SMILES string of the molecule is C=CC=C(C)CCCC=CC. The van der Waals surface area contributed by atoms with Crippen molar-refractivity contribution >= 4 is 0 Å². The van der Waals surface area contributed by atoms with Crippen LogP contribution in [0, 0.1) is 0 Å². The van der Waals surface area contributed by atoms with E-state index >= 15 is 0 Å². The van der Waals surface area contributed by atoms with Crippen molar-refractivity contribution in [1.82, 2.24) is 0 Å². The van der Waals surface area contributed by atoms with Gasteiger partial charge in [0.25, 0.3) is 0 Å². The van der Waals surface area contributed by atoms with Gasteiger partial charge in [-0.2, -0.15) is 0 Å². The van der Waals surface area contributed by atoms with Crippen LogP contribution in [0.5, 0.6) is 0 Å². The van der Waals surface area contributed by atoms with Crippen LogP contribution < -0.4 is 0 Å². The highest BCUT2D eigenvalue weighted by molar-refractivity contribution is 5.07. The molecule has 0 saturated carbocycles. The monoisotopic (exact) mass is 150 g/mol. The minimum atomic E-state index is 1.19. The second-order valence-corrected chi connectivity index (χ2v) is 2.71. The molecule has 0 bridgehead atoms. The van der Waals surface area contributed by atoms with Crippen molar-refractivity contribution in [2.24, 2.45) is 0 Å². The minimum absolute atomic E-state index is 1.19. The van der Waals surface area contributed by atoms with Gasteiger partial charge in [0, 0.05) is 0 Å². The molecule has 0 nitrogen and oxygen atoms in total. The third kappa shape index (κ3) is 7.11. The highest BCUT2D eigenvalue weighted by Crippen LogP contribution is 2.06. The van der Waals surface area contributed by atoms with Crippen LogP contribution in [-0.4, -0.2) is 0 Å². The fourth-order valence-electron chi connectivity index (χ4n) is 0.950. The first kappa shape index (κ1) is 10.2. The molecule has 0 radical (unpaired) electrons. The summed E-state index contributed by atoms with van der Waals surface area (Å²) in [4.78, 5) is 0. The van der Waals surface area contributed by atoms with E-state index in [0.717, 1.165) is 0 Å². The number of unbranched alkanes of at least 4 members (excludes halogenated alkanes) is 1. The minimum Gasteiger partial charge on any atom is -0.0991 e. The Balaban J connectivity index is 3.38. The van der Waals surface area contributed by atoms with Gasteiger partial charge >= 0.3 is 0 Å². The van der Waals surface area contributed by atoms with Crippen LogP contribution in [0.3, 0.4) is 0 Å². The molecule has 0 N–H and O–H groups in total. The predicted octanol–water partition coefficient (Wildman–Crippen LogP) is 3.87. The van der Waals surface area contributed by atoms with Gasteiger partial charge in [-0.25, -0.2) is 0 Å². The van der Waals surface area contributed by atoms with E-state index in [-0.39, 0.29) is 0 Å². The lowest BCUT2D eigenvalue weighted by Gasteiger charge is -1.96. The molecular formula is C11H18.